The Morgan fingerprint density at radius 1 is 1.40 bits per heavy atom. The van der Waals surface area contributed by atoms with Gasteiger partial charge in [-0.3, -0.25) is 9.59 Å². The van der Waals surface area contributed by atoms with Crippen LogP contribution < -0.4 is 0 Å². The zero-order chi connectivity index (χ0) is 14.5. The zero-order valence-electron chi connectivity index (χ0n) is 11.0. The Balaban J connectivity index is 1.99. The molecule has 0 unspecified atom stereocenters. The summed E-state index contributed by atoms with van der Waals surface area (Å²) in [6.45, 7) is 0.933. The van der Waals surface area contributed by atoms with E-state index < -0.39 is 11.9 Å². The van der Waals surface area contributed by atoms with E-state index in [-0.39, 0.29) is 5.91 Å². The number of carboxylic acids is 1. The summed E-state index contributed by atoms with van der Waals surface area (Å²) in [4.78, 5) is 24.6. The molecule has 1 aliphatic rings. The Bertz CT molecular complexity index is 542. The maximum absolute atomic E-state index is 12.1. The minimum atomic E-state index is -0.821. The summed E-state index contributed by atoms with van der Waals surface area (Å²) in [5.41, 5.74) is 0.930. The quantitative estimate of drug-likeness (QED) is 0.863. The lowest BCUT2D eigenvalue weighted by Gasteiger charge is -2.29. The van der Waals surface area contributed by atoms with E-state index in [2.05, 4.69) is 15.9 Å². The summed E-state index contributed by atoms with van der Waals surface area (Å²) in [6.07, 6.45) is 4.64. The van der Waals surface area contributed by atoms with Gasteiger partial charge in [0.1, 0.15) is 0 Å². The first kappa shape index (κ1) is 14.8. The van der Waals surface area contributed by atoms with Crippen LogP contribution in [0.5, 0.6) is 0 Å². The van der Waals surface area contributed by atoms with Gasteiger partial charge in [-0.1, -0.05) is 28.1 Å². The van der Waals surface area contributed by atoms with E-state index in [1.807, 2.05) is 24.3 Å². The molecule has 0 aromatic heterocycles. The van der Waals surface area contributed by atoms with Gasteiger partial charge in [0.15, 0.2) is 0 Å². The third kappa shape index (κ3) is 3.93. The van der Waals surface area contributed by atoms with Gasteiger partial charge in [0.2, 0.25) is 5.91 Å². The van der Waals surface area contributed by atoms with Gasteiger partial charge in [-0.2, -0.15) is 0 Å². The highest BCUT2D eigenvalue weighted by molar-refractivity contribution is 9.10. The molecular formula is C15H16BrNO3. The highest BCUT2D eigenvalue weighted by atomic mass is 79.9. The van der Waals surface area contributed by atoms with Crippen molar-refractivity contribution < 1.29 is 14.7 Å². The average molecular weight is 338 g/mol. The molecule has 5 heteroatoms. The van der Waals surface area contributed by atoms with Gasteiger partial charge in [0, 0.05) is 23.6 Å². The molecule has 0 bridgehead atoms. The molecule has 0 spiro atoms. The second-order valence-corrected chi connectivity index (χ2v) is 5.77. The molecule has 1 aromatic rings. The van der Waals surface area contributed by atoms with Crippen molar-refractivity contribution in [3.05, 3.63) is 40.4 Å². The van der Waals surface area contributed by atoms with Gasteiger partial charge in [-0.15, -0.1) is 0 Å². The number of carbonyl (C=O) groups excluding carboxylic acids is 1. The molecule has 1 atom stereocenters. The number of carbonyl (C=O) groups is 2. The van der Waals surface area contributed by atoms with Crippen LogP contribution in [0.25, 0.3) is 6.08 Å². The van der Waals surface area contributed by atoms with Crippen LogP contribution in [0.1, 0.15) is 18.4 Å². The lowest BCUT2D eigenvalue weighted by Crippen LogP contribution is -2.41. The highest BCUT2D eigenvalue weighted by Crippen LogP contribution is 2.17. The number of piperidine rings is 1. The number of nitrogens with zero attached hydrogens (tertiary/aromatic N) is 1. The lowest BCUT2D eigenvalue weighted by molar-refractivity contribution is -0.144. The van der Waals surface area contributed by atoms with Crippen molar-refractivity contribution >= 4 is 33.9 Å². The van der Waals surface area contributed by atoms with Crippen molar-refractivity contribution in [2.75, 3.05) is 13.1 Å². The Hall–Kier alpha value is -1.62. The van der Waals surface area contributed by atoms with Gasteiger partial charge < -0.3 is 10.0 Å². The molecule has 4 nitrogen and oxygen atoms in total. The number of benzene rings is 1. The molecule has 1 aliphatic heterocycles. The van der Waals surface area contributed by atoms with Crippen molar-refractivity contribution in [3.8, 4) is 0 Å². The van der Waals surface area contributed by atoms with Crippen LogP contribution in [-0.4, -0.2) is 35.0 Å². The fourth-order valence-corrected chi connectivity index (χ4v) is 2.68. The Labute approximate surface area is 126 Å². The van der Waals surface area contributed by atoms with Crippen LogP contribution in [-0.2, 0) is 9.59 Å². The van der Waals surface area contributed by atoms with E-state index in [1.54, 1.807) is 11.0 Å². The molecule has 2 rings (SSSR count). The third-order valence-corrected chi connectivity index (χ3v) is 3.84. The first-order valence-electron chi connectivity index (χ1n) is 6.51. The topological polar surface area (TPSA) is 57.6 Å². The summed E-state index contributed by atoms with van der Waals surface area (Å²) >= 11 is 3.38. The maximum Gasteiger partial charge on any atom is 0.308 e. The molecule has 1 heterocycles. The van der Waals surface area contributed by atoms with Crippen molar-refractivity contribution in [3.63, 3.8) is 0 Å². The van der Waals surface area contributed by atoms with E-state index in [1.165, 1.54) is 6.08 Å². The molecule has 1 fully saturated rings. The summed E-state index contributed by atoms with van der Waals surface area (Å²) in [7, 11) is 0. The smallest absolute Gasteiger partial charge is 0.308 e. The highest BCUT2D eigenvalue weighted by Gasteiger charge is 2.26. The first-order chi connectivity index (χ1) is 9.56. The molecular weight excluding hydrogens is 322 g/mol. The second-order valence-electron chi connectivity index (χ2n) is 4.85. The SMILES string of the molecule is O=C(O)[C@@H]1CCCN(C(=O)/C=C/c2cccc(Br)c2)C1. The Morgan fingerprint density at radius 3 is 2.90 bits per heavy atom. The third-order valence-electron chi connectivity index (χ3n) is 3.35. The van der Waals surface area contributed by atoms with Crippen LogP contribution in [0.3, 0.4) is 0 Å². The minimum Gasteiger partial charge on any atom is -0.481 e. The van der Waals surface area contributed by atoms with Crippen molar-refractivity contribution in [1.29, 1.82) is 0 Å². The number of hydrogen-bond donors (Lipinski definition) is 1. The first-order valence-corrected chi connectivity index (χ1v) is 7.31. The lowest BCUT2D eigenvalue weighted by atomic mass is 9.98. The van der Waals surface area contributed by atoms with Crippen molar-refractivity contribution in [2.45, 2.75) is 12.8 Å². The summed E-state index contributed by atoms with van der Waals surface area (Å²) in [5.74, 6) is -1.39. The van der Waals surface area contributed by atoms with E-state index in [0.29, 0.717) is 19.5 Å². The normalized spacial score (nSPS) is 19.2. The molecule has 0 aliphatic carbocycles. The summed E-state index contributed by atoms with van der Waals surface area (Å²) in [5, 5.41) is 9.02. The van der Waals surface area contributed by atoms with Crippen LogP contribution in [0.15, 0.2) is 34.8 Å². The van der Waals surface area contributed by atoms with Crippen molar-refractivity contribution in [2.24, 2.45) is 5.92 Å². The summed E-state index contributed by atoms with van der Waals surface area (Å²) in [6, 6.07) is 7.64. The van der Waals surface area contributed by atoms with E-state index in [9.17, 15) is 9.59 Å². The van der Waals surface area contributed by atoms with Gasteiger partial charge in [-0.25, -0.2) is 0 Å². The average Bonchev–Trinajstić information content (AvgIpc) is 2.45. The molecule has 106 valence electrons. The number of amides is 1. The Kier molecular flexibility index (Phi) is 4.95. The second kappa shape index (κ2) is 6.70. The van der Waals surface area contributed by atoms with Gasteiger partial charge in [0.05, 0.1) is 5.92 Å². The monoisotopic (exact) mass is 337 g/mol. The van der Waals surface area contributed by atoms with E-state index in [0.717, 1.165) is 16.5 Å². The Morgan fingerprint density at radius 2 is 2.20 bits per heavy atom. The van der Waals surface area contributed by atoms with Crippen molar-refractivity contribution in [1.82, 2.24) is 4.90 Å². The number of hydrogen-bond acceptors (Lipinski definition) is 2. The van der Waals surface area contributed by atoms with Gasteiger partial charge in [0.25, 0.3) is 0 Å². The molecule has 20 heavy (non-hydrogen) atoms. The molecule has 1 aromatic carbocycles. The van der Waals surface area contributed by atoms with E-state index in [4.69, 9.17) is 5.11 Å². The van der Waals surface area contributed by atoms with Gasteiger partial charge >= 0.3 is 5.97 Å². The molecule has 1 amide bonds. The fraction of sp³-hybridized carbons (Fsp3) is 0.333. The largest absolute Gasteiger partial charge is 0.481 e. The standard InChI is InChI=1S/C15H16BrNO3/c16-13-5-1-3-11(9-13)6-7-14(18)17-8-2-4-12(10-17)15(19)20/h1,3,5-7,9,12H,2,4,8,10H2,(H,19,20)/b7-6+/t12-/m1/s1. The summed E-state index contributed by atoms with van der Waals surface area (Å²) < 4.78 is 0.955. The number of aliphatic carboxylic acids is 1. The van der Waals surface area contributed by atoms with E-state index >= 15 is 0 Å². The predicted octanol–water partition coefficient (Wildman–Crippen LogP) is 2.79. The molecule has 0 radical (unpaired) electrons. The van der Waals surface area contributed by atoms with Crippen LogP contribution >= 0.6 is 15.9 Å². The maximum atomic E-state index is 12.1. The van der Waals surface area contributed by atoms with Crippen LogP contribution in [0, 0.1) is 5.92 Å². The number of carboxylic acid groups (broad SMARTS) is 1. The van der Waals surface area contributed by atoms with Crippen LogP contribution in [0.2, 0.25) is 0 Å². The zero-order valence-corrected chi connectivity index (χ0v) is 12.5. The fourth-order valence-electron chi connectivity index (χ4n) is 2.26. The molecule has 1 N–H and O–H groups in total. The predicted molar refractivity (Wildman–Crippen MR) is 80.1 cm³/mol. The molecule has 1 saturated heterocycles. The number of likely N-dealkylation sites (tertiary alicyclic amines) is 1. The minimum absolute atomic E-state index is 0.129. The number of halogens is 1. The van der Waals surface area contributed by atoms with Gasteiger partial charge in [-0.05, 0) is 36.6 Å². The molecule has 0 saturated carbocycles. The van der Waals surface area contributed by atoms with Crippen LogP contribution in [0.4, 0.5) is 0 Å². The number of rotatable bonds is 3.